The van der Waals surface area contributed by atoms with Gasteiger partial charge in [0.2, 0.25) is 0 Å². The zero-order valence-corrected chi connectivity index (χ0v) is 10.5. The summed E-state index contributed by atoms with van der Waals surface area (Å²) >= 11 is 0. The van der Waals surface area contributed by atoms with Gasteiger partial charge in [0, 0.05) is 11.8 Å². The Morgan fingerprint density at radius 3 is 2.31 bits per heavy atom. The Morgan fingerprint density at radius 1 is 1.25 bits per heavy atom. The van der Waals surface area contributed by atoms with Crippen molar-refractivity contribution in [3.8, 4) is 0 Å². The van der Waals surface area contributed by atoms with Crippen LogP contribution >= 0.6 is 0 Å². The van der Waals surface area contributed by atoms with Crippen LogP contribution in [0.4, 0.5) is 0 Å². The van der Waals surface area contributed by atoms with Crippen molar-refractivity contribution in [2.45, 2.75) is 46.0 Å². The van der Waals surface area contributed by atoms with Crippen LogP contribution in [0.25, 0.3) is 0 Å². The molecule has 0 saturated heterocycles. The minimum absolute atomic E-state index is 0.177. The summed E-state index contributed by atoms with van der Waals surface area (Å²) in [6.07, 6.45) is 4.49. The third kappa shape index (κ3) is 3.62. The number of hydrogen-bond acceptors (Lipinski definition) is 3. The first-order valence-corrected chi connectivity index (χ1v) is 6.15. The molecule has 3 nitrogen and oxygen atoms in total. The second kappa shape index (κ2) is 6.02. The highest BCUT2D eigenvalue weighted by Crippen LogP contribution is 2.31. The smallest absolute Gasteiger partial charge is 0.306 e. The molecule has 1 saturated carbocycles. The van der Waals surface area contributed by atoms with E-state index in [0.29, 0.717) is 0 Å². The van der Waals surface area contributed by atoms with E-state index in [4.69, 9.17) is 0 Å². The van der Waals surface area contributed by atoms with Crippen molar-refractivity contribution in [3.05, 3.63) is 0 Å². The van der Waals surface area contributed by atoms with Crippen molar-refractivity contribution < 1.29 is 14.3 Å². The number of carbonyl (C=O) groups is 2. The van der Waals surface area contributed by atoms with Gasteiger partial charge in [-0.3, -0.25) is 9.59 Å². The van der Waals surface area contributed by atoms with Crippen molar-refractivity contribution >= 4 is 11.8 Å². The molecule has 0 aliphatic heterocycles. The number of esters is 1. The summed E-state index contributed by atoms with van der Waals surface area (Å²) in [6.45, 7) is 4.07. The normalized spacial score (nSPS) is 27.2. The van der Waals surface area contributed by atoms with E-state index in [1.807, 2.05) is 6.92 Å². The fraction of sp³-hybridized carbons (Fsp3) is 0.846. The lowest BCUT2D eigenvalue weighted by atomic mass is 9.77. The second-order valence-electron chi connectivity index (χ2n) is 5.04. The maximum absolute atomic E-state index is 12.0. The van der Waals surface area contributed by atoms with Gasteiger partial charge in [0.25, 0.3) is 0 Å². The van der Waals surface area contributed by atoms with Gasteiger partial charge in [-0.25, -0.2) is 0 Å². The lowest BCUT2D eigenvalue weighted by Gasteiger charge is -2.26. The minimum atomic E-state index is -0.287. The predicted molar refractivity (Wildman–Crippen MR) is 61.9 cm³/mol. The van der Waals surface area contributed by atoms with E-state index >= 15 is 0 Å². The van der Waals surface area contributed by atoms with Crippen molar-refractivity contribution in [2.24, 2.45) is 17.8 Å². The Kier molecular flexibility index (Phi) is 4.97. The first kappa shape index (κ1) is 13.2. The first-order valence-electron chi connectivity index (χ1n) is 6.15. The molecule has 0 N–H and O–H groups in total. The van der Waals surface area contributed by atoms with E-state index in [9.17, 15) is 9.59 Å². The number of methoxy groups -OCH3 is 1. The Bertz CT molecular complexity index is 252. The number of ether oxygens (including phenoxy) is 1. The lowest BCUT2D eigenvalue weighted by Crippen LogP contribution is -2.27. The lowest BCUT2D eigenvalue weighted by molar-refractivity contribution is -0.144. The van der Waals surface area contributed by atoms with Crippen LogP contribution in [-0.2, 0) is 14.3 Å². The predicted octanol–water partition coefficient (Wildman–Crippen LogP) is 2.58. The van der Waals surface area contributed by atoms with Gasteiger partial charge in [0.15, 0.2) is 0 Å². The Hall–Kier alpha value is -0.860. The molecular formula is C13H22O3. The number of hydrogen-bond donors (Lipinski definition) is 0. The van der Waals surface area contributed by atoms with Gasteiger partial charge >= 0.3 is 5.97 Å². The number of Topliss-reactive ketones (excluding diaryl/α,β-unsaturated/α-hetero) is 1. The van der Waals surface area contributed by atoms with E-state index in [1.165, 1.54) is 7.11 Å². The molecule has 1 fully saturated rings. The van der Waals surface area contributed by atoms with Gasteiger partial charge in [-0.15, -0.1) is 0 Å². The molecule has 1 aliphatic rings. The molecule has 1 aliphatic carbocycles. The van der Waals surface area contributed by atoms with Gasteiger partial charge < -0.3 is 4.74 Å². The molecule has 0 aromatic carbocycles. The van der Waals surface area contributed by atoms with Gasteiger partial charge in [0.1, 0.15) is 5.78 Å². The summed E-state index contributed by atoms with van der Waals surface area (Å²) < 4.78 is 4.58. The Morgan fingerprint density at radius 2 is 1.81 bits per heavy atom. The van der Waals surface area contributed by atoms with Crippen molar-refractivity contribution in [1.82, 2.24) is 0 Å². The van der Waals surface area contributed by atoms with Gasteiger partial charge in [0.05, 0.1) is 13.5 Å². The van der Waals surface area contributed by atoms with E-state index in [-0.39, 0.29) is 30.0 Å². The topological polar surface area (TPSA) is 43.4 Å². The van der Waals surface area contributed by atoms with Gasteiger partial charge in [-0.05, 0) is 18.8 Å². The highest BCUT2D eigenvalue weighted by atomic mass is 16.5. The van der Waals surface area contributed by atoms with Crippen LogP contribution in [0.2, 0.25) is 0 Å². The van der Waals surface area contributed by atoms with Crippen LogP contribution < -0.4 is 0 Å². The molecule has 0 aromatic heterocycles. The number of ketones is 1. The van der Waals surface area contributed by atoms with E-state index in [0.717, 1.165) is 31.6 Å². The van der Waals surface area contributed by atoms with Crippen LogP contribution in [0.5, 0.6) is 0 Å². The van der Waals surface area contributed by atoms with Crippen LogP contribution in [0.1, 0.15) is 46.0 Å². The molecule has 92 valence electrons. The standard InChI is InChI=1S/C13H22O3/c1-9-4-6-11(7-5-9)13(15)10(2)8-12(14)16-3/h9-11H,4-8H2,1-3H3. The summed E-state index contributed by atoms with van der Waals surface area (Å²) in [7, 11) is 1.36. The monoisotopic (exact) mass is 226 g/mol. The molecular weight excluding hydrogens is 204 g/mol. The maximum atomic E-state index is 12.0. The Balaban J connectivity index is 2.41. The first-order chi connectivity index (χ1) is 7.54. The molecule has 0 bridgehead atoms. The van der Waals surface area contributed by atoms with Gasteiger partial charge in [-0.2, -0.15) is 0 Å². The number of carbonyl (C=O) groups excluding carboxylic acids is 2. The molecule has 0 spiro atoms. The SMILES string of the molecule is COC(=O)CC(C)C(=O)C1CCC(C)CC1. The van der Waals surface area contributed by atoms with E-state index < -0.39 is 0 Å². The van der Waals surface area contributed by atoms with Crippen molar-refractivity contribution in [3.63, 3.8) is 0 Å². The second-order valence-corrected chi connectivity index (χ2v) is 5.04. The maximum Gasteiger partial charge on any atom is 0.306 e. The van der Waals surface area contributed by atoms with Crippen LogP contribution in [0.3, 0.4) is 0 Å². The molecule has 0 aromatic rings. The van der Waals surface area contributed by atoms with Crippen LogP contribution in [-0.4, -0.2) is 18.9 Å². The van der Waals surface area contributed by atoms with Gasteiger partial charge in [-0.1, -0.05) is 26.7 Å². The Labute approximate surface area is 97.5 Å². The molecule has 0 radical (unpaired) electrons. The highest BCUT2D eigenvalue weighted by molar-refractivity contribution is 5.86. The van der Waals surface area contributed by atoms with Crippen molar-refractivity contribution in [1.29, 1.82) is 0 Å². The van der Waals surface area contributed by atoms with Crippen LogP contribution in [0, 0.1) is 17.8 Å². The fourth-order valence-electron chi connectivity index (χ4n) is 2.38. The average Bonchev–Trinajstić information content (AvgIpc) is 2.28. The molecule has 3 heteroatoms. The molecule has 1 atom stereocenters. The minimum Gasteiger partial charge on any atom is -0.469 e. The third-order valence-electron chi connectivity index (χ3n) is 3.60. The largest absolute Gasteiger partial charge is 0.469 e. The summed E-state index contributed by atoms with van der Waals surface area (Å²) in [5.41, 5.74) is 0. The van der Waals surface area contributed by atoms with E-state index in [2.05, 4.69) is 11.7 Å². The summed E-state index contributed by atoms with van der Waals surface area (Å²) in [4.78, 5) is 23.1. The average molecular weight is 226 g/mol. The third-order valence-corrected chi connectivity index (χ3v) is 3.60. The summed E-state index contributed by atoms with van der Waals surface area (Å²) in [5.74, 6) is 0.698. The molecule has 0 heterocycles. The molecule has 1 rings (SSSR count). The quantitative estimate of drug-likeness (QED) is 0.692. The fourth-order valence-corrected chi connectivity index (χ4v) is 2.38. The zero-order chi connectivity index (χ0) is 12.1. The van der Waals surface area contributed by atoms with E-state index in [1.54, 1.807) is 0 Å². The van der Waals surface area contributed by atoms with Crippen LogP contribution in [0.15, 0.2) is 0 Å². The summed E-state index contributed by atoms with van der Waals surface area (Å²) in [6, 6.07) is 0. The number of rotatable bonds is 4. The summed E-state index contributed by atoms with van der Waals surface area (Å²) in [5, 5.41) is 0. The molecule has 0 amide bonds. The van der Waals surface area contributed by atoms with Crippen molar-refractivity contribution in [2.75, 3.05) is 7.11 Å². The zero-order valence-electron chi connectivity index (χ0n) is 10.5. The molecule has 16 heavy (non-hydrogen) atoms. The highest BCUT2D eigenvalue weighted by Gasteiger charge is 2.28. The molecule has 1 unspecified atom stereocenters.